The summed E-state index contributed by atoms with van der Waals surface area (Å²) in [4.78, 5) is 1.77. The van der Waals surface area contributed by atoms with E-state index in [1.807, 2.05) is 0 Å². The minimum absolute atomic E-state index is 0.157. The number of nitrogens with zero attached hydrogens (tertiary/aromatic N) is 1. The largest absolute Gasteiger partial charge is 0.418 e. The molecule has 0 unspecified atom stereocenters. The van der Waals surface area contributed by atoms with Crippen LogP contribution in [0.15, 0.2) is 36.6 Å². The van der Waals surface area contributed by atoms with Crippen LogP contribution in [0.25, 0.3) is 0 Å². The van der Waals surface area contributed by atoms with E-state index in [0.29, 0.717) is 24.9 Å². The number of likely N-dealkylation sites (tertiary alicyclic amines) is 1. The van der Waals surface area contributed by atoms with Crippen LogP contribution in [0.5, 0.6) is 0 Å². The Kier molecular flexibility index (Phi) is 5.27. The van der Waals surface area contributed by atoms with Crippen LogP contribution in [0.2, 0.25) is 0 Å². The van der Waals surface area contributed by atoms with E-state index >= 15 is 0 Å². The summed E-state index contributed by atoms with van der Waals surface area (Å²) in [6.45, 7) is 12.4. The minimum Gasteiger partial charge on any atom is -0.371 e. The molecule has 1 aliphatic rings. The van der Waals surface area contributed by atoms with Crippen LogP contribution in [-0.2, 0) is 0 Å². The number of piperidine rings is 1. The number of alkyl halides is 3. The van der Waals surface area contributed by atoms with Crippen molar-refractivity contribution in [1.29, 1.82) is 0 Å². The van der Waals surface area contributed by atoms with Gasteiger partial charge in [0.1, 0.15) is 0 Å². The van der Waals surface area contributed by atoms with Gasteiger partial charge in [-0.25, -0.2) is 0 Å². The lowest BCUT2D eigenvalue weighted by Gasteiger charge is -2.36. The number of hydrogen-bond acceptors (Lipinski definition) is 1. The van der Waals surface area contributed by atoms with Crippen molar-refractivity contribution in [3.8, 4) is 0 Å². The monoisotopic (exact) mass is 273 g/mol. The molecular formula is C15H22F3N. The molecule has 0 aromatic heterocycles. The Morgan fingerprint density at radius 2 is 1.68 bits per heavy atom. The third-order valence-corrected chi connectivity index (χ3v) is 3.80. The third-order valence-electron chi connectivity index (χ3n) is 3.80. The fourth-order valence-corrected chi connectivity index (χ4v) is 2.58. The molecule has 1 rings (SSSR count). The Balaban J connectivity index is 2.91. The zero-order valence-corrected chi connectivity index (χ0v) is 11.6. The van der Waals surface area contributed by atoms with Gasteiger partial charge >= 0.3 is 6.18 Å². The van der Waals surface area contributed by atoms with Gasteiger partial charge in [0, 0.05) is 18.8 Å². The molecule has 0 bridgehead atoms. The molecule has 108 valence electrons. The molecule has 0 aromatic carbocycles. The van der Waals surface area contributed by atoms with E-state index in [1.165, 1.54) is 6.08 Å². The number of hydrogen-bond donors (Lipinski definition) is 0. The van der Waals surface area contributed by atoms with Crippen molar-refractivity contribution in [1.82, 2.24) is 4.90 Å². The first kappa shape index (κ1) is 15.9. The summed E-state index contributed by atoms with van der Waals surface area (Å²) < 4.78 is 38.7. The van der Waals surface area contributed by atoms with Crippen LogP contribution in [0.1, 0.15) is 26.7 Å². The molecular weight excluding hydrogens is 251 g/mol. The quantitative estimate of drug-likeness (QED) is 0.680. The minimum atomic E-state index is -4.37. The highest BCUT2D eigenvalue weighted by Crippen LogP contribution is 2.33. The van der Waals surface area contributed by atoms with Gasteiger partial charge in [0.2, 0.25) is 0 Å². The molecule has 1 heterocycles. The van der Waals surface area contributed by atoms with E-state index in [9.17, 15) is 13.2 Å². The molecule has 0 radical (unpaired) electrons. The summed E-state index contributed by atoms with van der Waals surface area (Å²) in [5.74, 6) is 1.18. The van der Waals surface area contributed by atoms with E-state index in [4.69, 9.17) is 0 Å². The van der Waals surface area contributed by atoms with Crippen molar-refractivity contribution in [2.45, 2.75) is 32.9 Å². The van der Waals surface area contributed by atoms with E-state index in [2.05, 4.69) is 27.0 Å². The van der Waals surface area contributed by atoms with Crippen LogP contribution >= 0.6 is 0 Å². The molecule has 0 N–H and O–H groups in total. The summed E-state index contributed by atoms with van der Waals surface area (Å²) >= 11 is 0. The first-order valence-corrected chi connectivity index (χ1v) is 6.62. The fraction of sp³-hybridized carbons (Fsp3) is 0.600. The lowest BCUT2D eigenvalue weighted by molar-refractivity contribution is -0.0901. The maximum Gasteiger partial charge on any atom is 0.418 e. The van der Waals surface area contributed by atoms with Gasteiger partial charge in [-0.2, -0.15) is 13.2 Å². The van der Waals surface area contributed by atoms with Crippen molar-refractivity contribution < 1.29 is 13.2 Å². The van der Waals surface area contributed by atoms with Gasteiger partial charge in [-0.1, -0.05) is 33.1 Å². The highest BCUT2D eigenvalue weighted by atomic mass is 19.4. The predicted molar refractivity (Wildman–Crippen MR) is 72.6 cm³/mol. The van der Waals surface area contributed by atoms with Crippen LogP contribution in [0.4, 0.5) is 13.2 Å². The predicted octanol–water partition coefficient (Wildman–Crippen LogP) is 4.54. The molecule has 1 nitrogen and oxygen atoms in total. The Labute approximate surface area is 113 Å². The standard InChI is InChI=1S/C15H22F3N/c1-5-13(15(16,17)18)14(6-2)19-9-7-12(8-10-19)11(3)4/h5-6,11-12H,1-2,7-10H2,3-4H3/b14-13-. The second-order valence-electron chi connectivity index (χ2n) is 5.27. The fourth-order valence-electron chi connectivity index (χ4n) is 2.58. The first-order chi connectivity index (χ1) is 8.81. The second kappa shape index (κ2) is 6.31. The van der Waals surface area contributed by atoms with Gasteiger partial charge in [-0.05, 0) is 30.8 Å². The Bertz CT molecular complexity index is 358. The summed E-state index contributed by atoms with van der Waals surface area (Å²) in [7, 11) is 0. The van der Waals surface area contributed by atoms with E-state index in [0.717, 1.165) is 18.9 Å². The lowest BCUT2D eigenvalue weighted by atomic mass is 9.86. The van der Waals surface area contributed by atoms with E-state index in [-0.39, 0.29) is 5.70 Å². The van der Waals surface area contributed by atoms with Crippen molar-refractivity contribution in [3.63, 3.8) is 0 Å². The molecule has 0 saturated carbocycles. The summed E-state index contributed by atoms with van der Waals surface area (Å²) in [5.41, 5.74) is -0.532. The van der Waals surface area contributed by atoms with Crippen molar-refractivity contribution in [2.75, 3.05) is 13.1 Å². The lowest BCUT2D eigenvalue weighted by Crippen LogP contribution is -2.35. The molecule has 0 atom stereocenters. The van der Waals surface area contributed by atoms with Crippen LogP contribution < -0.4 is 0 Å². The molecule has 0 aromatic rings. The number of halogens is 3. The average molecular weight is 273 g/mol. The molecule has 0 aliphatic carbocycles. The zero-order chi connectivity index (χ0) is 14.6. The van der Waals surface area contributed by atoms with Gasteiger partial charge < -0.3 is 4.90 Å². The molecule has 1 aliphatic heterocycles. The maximum atomic E-state index is 12.9. The van der Waals surface area contributed by atoms with Gasteiger partial charge in [0.05, 0.1) is 5.57 Å². The highest BCUT2D eigenvalue weighted by molar-refractivity contribution is 5.34. The SMILES string of the molecule is C=C/C(=C(\C=C)C(F)(F)F)N1CCC(C(C)C)CC1. The van der Waals surface area contributed by atoms with E-state index in [1.54, 1.807) is 4.90 Å². The van der Waals surface area contributed by atoms with Crippen LogP contribution in [-0.4, -0.2) is 24.2 Å². The number of allylic oxidation sites excluding steroid dienone is 3. The first-order valence-electron chi connectivity index (χ1n) is 6.62. The third kappa shape index (κ3) is 3.88. The second-order valence-corrected chi connectivity index (χ2v) is 5.27. The Morgan fingerprint density at radius 3 is 2.00 bits per heavy atom. The van der Waals surface area contributed by atoms with Crippen LogP contribution in [0, 0.1) is 11.8 Å². The smallest absolute Gasteiger partial charge is 0.371 e. The van der Waals surface area contributed by atoms with Crippen molar-refractivity contribution >= 4 is 0 Å². The van der Waals surface area contributed by atoms with E-state index < -0.39 is 11.7 Å². The van der Waals surface area contributed by atoms with Crippen molar-refractivity contribution in [2.24, 2.45) is 11.8 Å². The van der Waals surface area contributed by atoms with Gasteiger partial charge in [-0.3, -0.25) is 0 Å². The maximum absolute atomic E-state index is 12.9. The normalized spacial score (nSPS) is 19.4. The van der Waals surface area contributed by atoms with Gasteiger partial charge in [0.15, 0.2) is 0 Å². The summed E-state index contributed by atoms with van der Waals surface area (Å²) in [6, 6.07) is 0. The summed E-state index contributed by atoms with van der Waals surface area (Å²) in [5, 5.41) is 0. The molecule has 0 amide bonds. The Morgan fingerprint density at radius 1 is 1.16 bits per heavy atom. The number of rotatable bonds is 4. The van der Waals surface area contributed by atoms with Gasteiger partial charge in [0.25, 0.3) is 0 Å². The molecule has 1 saturated heterocycles. The highest BCUT2D eigenvalue weighted by Gasteiger charge is 2.35. The topological polar surface area (TPSA) is 3.24 Å². The van der Waals surface area contributed by atoms with Crippen LogP contribution in [0.3, 0.4) is 0 Å². The van der Waals surface area contributed by atoms with Crippen molar-refractivity contribution in [3.05, 3.63) is 36.6 Å². The molecule has 4 heteroatoms. The Hall–Kier alpha value is -1.19. The molecule has 0 spiro atoms. The summed E-state index contributed by atoms with van der Waals surface area (Å²) in [6.07, 6.45) is -0.347. The molecule has 1 fully saturated rings. The zero-order valence-electron chi connectivity index (χ0n) is 11.6. The van der Waals surface area contributed by atoms with Gasteiger partial charge in [-0.15, -0.1) is 0 Å². The molecule has 19 heavy (non-hydrogen) atoms. The average Bonchev–Trinajstić information content (AvgIpc) is 2.34.